The van der Waals surface area contributed by atoms with Crippen LogP contribution >= 0.6 is 0 Å². The van der Waals surface area contributed by atoms with Crippen LogP contribution in [0.5, 0.6) is 0 Å². The molecule has 5 aromatic rings. The maximum atomic E-state index is 6.45. The second-order valence-corrected chi connectivity index (χ2v) is 10.4. The molecule has 2 aliphatic rings. The third kappa shape index (κ3) is 3.47. The minimum atomic E-state index is 0.461. The van der Waals surface area contributed by atoms with Crippen LogP contribution in [0.3, 0.4) is 0 Å². The molecule has 1 saturated carbocycles. The first-order valence-electron chi connectivity index (χ1n) is 13.0. The Morgan fingerprint density at radius 2 is 1.78 bits per heavy atom. The zero-order valence-electron chi connectivity index (χ0n) is 20.6. The molecule has 0 bridgehead atoms. The maximum absolute atomic E-state index is 6.45. The van der Waals surface area contributed by atoms with Crippen molar-refractivity contribution < 1.29 is 0 Å². The van der Waals surface area contributed by atoms with Gasteiger partial charge in [-0.05, 0) is 56.8 Å². The molecule has 4 heterocycles. The highest BCUT2D eigenvalue weighted by Gasteiger charge is 2.36. The van der Waals surface area contributed by atoms with Crippen molar-refractivity contribution in [1.82, 2.24) is 24.3 Å². The van der Waals surface area contributed by atoms with Gasteiger partial charge < -0.3 is 10.6 Å². The van der Waals surface area contributed by atoms with Gasteiger partial charge in [0, 0.05) is 41.4 Å². The summed E-state index contributed by atoms with van der Waals surface area (Å²) in [5.41, 5.74) is 13.5. The number of aromatic nitrogens is 4. The van der Waals surface area contributed by atoms with Gasteiger partial charge in [-0.1, -0.05) is 48.5 Å². The number of nitrogens with two attached hydrogens (primary N) is 1. The van der Waals surface area contributed by atoms with Crippen LogP contribution in [0.1, 0.15) is 36.6 Å². The summed E-state index contributed by atoms with van der Waals surface area (Å²) < 4.78 is 2.18. The van der Waals surface area contributed by atoms with E-state index in [1.165, 1.54) is 38.9 Å². The molecule has 0 spiro atoms. The van der Waals surface area contributed by atoms with Crippen molar-refractivity contribution in [3.63, 3.8) is 0 Å². The number of rotatable bonds is 5. The monoisotopic (exact) mass is 474 g/mol. The number of benzene rings is 2. The molecule has 1 aliphatic carbocycles. The molecule has 0 atom stereocenters. The number of anilines is 1. The SMILES string of the molecule is Cc1c(-c2nc(C3CC(CN4CCC4)C3)n3ccnc(N)c23)ccc2ccc(-c3ccccc3)nc12. The highest BCUT2D eigenvalue weighted by atomic mass is 15.2. The molecule has 2 N–H and O–H groups in total. The summed E-state index contributed by atoms with van der Waals surface area (Å²) >= 11 is 0. The van der Waals surface area contributed by atoms with Crippen molar-refractivity contribution in [2.45, 2.75) is 32.1 Å². The number of aryl methyl sites for hydroxylation is 1. The van der Waals surface area contributed by atoms with Crippen LogP contribution in [-0.2, 0) is 0 Å². The zero-order valence-corrected chi connectivity index (χ0v) is 20.6. The lowest BCUT2D eigenvalue weighted by Gasteiger charge is -2.41. The minimum absolute atomic E-state index is 0.461. The second kappa shape index (κ2) is 8.42. The molecule has 1 saturated heterocycles. The molecular formula is C30H30N6. The summed E-state index contributed by atoms with van der Waals surface area (Å²) in [7, 11) is 0. The van der Waals surface area contributed by atoms with Crippen LogP contribution < -0.4 is 5.73 Å². The Labute approximate surface area is 210 Å². The lowest BCUT2D eigenvalue weighted by atomic mass is 9.74. The Morgan fingerprint density at radius 3 is 2.56 bits per heavy atom. The summed E-state index contributed by atoms with van der Waals surface area (Å²) in [4.78, 5) is 17.3. The van der Waals surface area contributed by atoms with Crippen molar-refractivity contribution in [1.29, 1.82) is 0 Å². The standard InChI is InChI=1S/C30H30N6/c1-19-24(10-8-22-9-11-25(33-26(19)22)21-6-3-2-4-7-21)27-28-29(31)32-12-15-36(28)30(34-27)23-16-20(17-23)18-35-13-5-14-35/h2-4,6-12,15,20,23H,5,13-14,16-18H2,1H3,(H2,31,32). The summed E-state index contributed by atoms with van der Waals surface area (Å²) in [6.07, 6.45) is 7.53. The average Bonchev–Trinajstić information content (AvgIpc) is 3.23. The van der Waals surface area contributed by atoms with Gasteiger partial charge in [-0.3, -0.25) is 4.40 Å². The Morgan fingerprint density at radius 1 is 0.972 bits per heavy atom. The Kier molecular flexibility index (Phi) is 5.03. The number of likely N-dealkylation sites (tertiary alicyclic amines) is 1. The molecule has 0 radical (unpaired) electrons. The highest BCUT2D eigenvalue weighted by molar-refractivity contribution is 5.94. The van der Waals surface area contributed by atoms with Gasteiger partial charge in [-0.15, -0.1) is 0 Å². The number of hydrogen-bond acceptors (Lipinski definition) is 5. The molecular weight excluding hydrogens is 444 g/mol. The van der Waals surface area contributed by atoms with Crippen molar-refractivity contribution in [2.24, 2.45) is 5.92 Å². The molecule has 180 valence electrons. The molecule has 6 heteroatoms. The molecule has 2 fully saturated rings. The lowest BCUT2D eigenvalue weighted by Crippen LogP contribution is -2.43. The van der Waals surface area contributed by atoms with E-state index in [1.807, 2.05) is 24.4 Å². The van der Waals surface area contributed by atoms with E-state index >= 15 is 0 Å². The molecule has 2 aromatic carbocycles. The van der Waals surface area contributed by atoms with E-state index in [4.69, 9.17) is 15.7 Å². The molecule has 0 unspecified atom stereocenters. The third-order valence-electron chi connectivity index (χ3n) is 8.12. The van der Waals surface area contributed by atoms with Crippen LogP contribution in [0.2, 0.25) is 0 Å². The lowest BCUT2D eigenvalue weighted by molar-refractivity contribution is 0.107. The van der Waals surface area contributed by atoms with Crippen LogP contribution in [0, 0.1) is 12.8 Å². The van der Waals surface area contributed by atoms with Gasteiger partial charge in [0.05, 0.1) is 11.2 Å². The van der Waals surface area contributed by atoms with Crippen molar-refractivity contribution in [3.8, 4) is 22.5 Å². The smallest absolute Gasteiger partial charge is 0.150 e. The van der Waals surface area contributed by atoms with E-state index in [0.717, 1.165) is 56.2 Å². The average molecular weight is 475 g/mol. The fourth-order valence-corrected chi connectivity index (χ4v) is 5.94. The van der Waals surface area contributed by atoms with Crippen LogP contribution in [0.25, 0.3) is 38.9 Å². The van der Waals surface area contributed by atoms with E-state index in [0.29, 0.717) is 11.7 Å². The Balaban J connectivity index is 1.31. The number of hydrogen-bond donors (Lipinski definition) is 1. The van der Waals surface area contributed by atoms with Gasteiger partial charge in [0.2, 0.25) is 0 Å². The van der Waals surface area contributed by atoms with Gasteiger partial charge >= 0.3 is 0 Å². The first-order chi connectivity index (χ1) is 17.7. The van der Waals surface area contributed by atoms with Gasteiger partial charge in [0.15, 0.2) is 0 Å². The predicted octanol–water partition coefficient (Wildman–Crippen LogP) is 5.70. The van der Waals surface area contributed by atoms with Gasteiger partial charge in [0.1, 0.15) is 22.9 Å². The number of nitrogens with zero attached hydrogens (tertiary/aromatic N) is 5. The molecule has 0 amide bonds. The molecule has 6 nitrogen and oxygen atoms in total. The maximum Gasteiger partial charge on any atom is 0.150 e. The summed E-state index contributed by atoms with van der Waals surface area (Å²) in [5, 5.41) is 1.12. The highest BCUT2D eigenvalue weighted by Crippen LogP contribution is 2.44. The fourth-order valence-electron chi connectivity index (χ4n) is 5.94. The van der Waals surface area contributed by atoms with E-state index < -0.39 is 0 Å². The Bertz CT molecular complexity index is 1580. The van der Waals surface area contributed by atoms with Crippen LogP contribution in [0.4, 0.5) is 5.82 Å². The number of nitrogen functional groups attached to an aromatic ring is 1. The molecule has 36 heavy (non-hydrogen) atoms. The van der Waals surface area contributed by atoms with E-state index in [1.54, 1.807) is 6.20 Å². The zero-order chi connectivity index (χ0) is 24.2. The number of pyridine rings is 1. The summed E-state index contributed by atoms with van der Waals surface area (Å²) in [6.45, 7) is 5.90. The minimum Gasteiger partial charge on any atom is -0.382 e. The Hall–Kier alpha value is -3.77. The third-order valence-corrected chi connectivity index (χ3v) is 8.12. The normalized spacial score (nSPS) is 19.9. The fraction of sp³-hybridized carbons (Fsp3) is 0.300. The number of fused-ring (bicyclic) bond motifs is 2. The van der Waals surface area contributed by atoms with Gasteiger partial charge in [-0.25, -0.2) is 15.0 Å². The van der Waals surface area contributed by atoms with Crippen LogP contribution in [-0.4, -0.2) is 43.9 Å². The summed E-state index contributed by atoms with van der Waals surface area (Å²) in [5.74, 6) is 2.86. The van der Waals surface area contributed by atoms with Crippen molar-refractivity contribution >= 4 is 22.2 Å². The molecule has 7 rings (SSSR count). The topological polar surface area (TPSA) is 72.3 Å². The van der Waals surface area contributed by atoms with E-state index in [2.05, 4.69) is 57.6 Å². The van der Waals surface area contributed by atoms with Gasteiger partial charge in [0.25, 0.3) is 0 Å². The summed E-state index contributed by atoms with van der Waals surface area (Å²) in [6, 6.07) is 18.9. The van der Waals surface area contributed by atoms with Crippen molar-refractivity contribution in [3.05, 3.63) is 78.4 Å². The van der Waals surface area contributed by atoms with Crippen molar-refractivity contribution in [2.75, 3.05) is 25.4 Å². The largest absolute Gasteiger partial charge is 0.382 e. The first kappa shape index (κ1) is 21.5. The quantitative estimate of drug-likeness (QED) is 0.354. The van der Waals surface area contributed by atoms with E-state index in [-0.39, 0.29) is 0 Å². The number of imidazole rings is 1. The first-order valence-corrected chi connectivity index (χ1v) is 13.0. The van der Waals surface area contributed by atoms with Crippen LogP contribution in [0.15, 0.2) is 67.0 Å². The van der Waals surface area contributed by atoms with Gasteiger partial charge in [-0.2, -0.15) is 0 Å². The molecule has 3 aromatic heterocycles. The van der Waals surface area contributed by atoms with E-state index in [9.17, 15) is 0 Å². The predicted molar refractivity (Wildman–Crippen MR) is 145 cm³/mol. The second-order valence-electron chi connectivity index (χ2n) is 10.4. The molecule has 1 aliphatic heterocycles.